The van der Waals surface area contributed by atoms with Gasteiger partial charge in [-0.05, 0) is 44.2 Å². The van der Waals surface area contributed by atoms with Crippen molar-refractivity contribution in [1.82, 2.24) is 20.1 Å². The zero-order valence-electron chi connectivity index (χ0n) is 16.8. The fourth-order valence-corrected chi connectivity index (χ4v) is 4.45. The summed E-state index contributed by atoms with van der Waals surface area (Å²) in [6.45, 7) is 4.68. The van der Waals surface area contributed by atoms with E-state index < -0.39 is 22.0 Å². The van der Waals surface area contributed by atoms with E-state index in [2.05, 4.69) is 10.9 Å². The summed E-state index contributed by atoms with van der Waals surface area (Å²) < 4.78 is 37.3. The van der Waals surface area contributed by atoms with Gasteiger partial charge in [-0.25, -0.2) is 18.6 Å². The minimum Gasteiger partial charge on any atom is -0.494 e. The van der Waals surface area contributed by atoms with Crippen LogP contribution in [0.4, 0.5) is 4.79 Å². The summed E-state index contributed by atoms with van der Waals surface area (Å²) in [6, 6.07) is 7.23. The third-order valence-electron chi connectivity index (χ3n) is 4.68. The molecule has 11 heteroatoms. The maximum absolute atomic E-state index is 12.8. The molecule has 30 heavy (non-hydrogen) atoms. The van der Waals surface area contributed by atoms with Crippen molar-refractivity contribution in [2.24, 2.45) is 0 Å². The highest BCUT2D eigenvalue weighted by atomic mass is 32.2. The number of hydrogen-bond acceptors (Lipinski definition) is 6. The van der Waals surface area contributed by atoms with Gasteiger partial charge >= 0.3 is 6.03 Å². The number of nitrogens with one attached hydrogen (secondary N) is 2. The number of ether oxygens (including phenoxy) is 1. The van der Waals surface area contributed by atoms with Crippen LogP contribution in [0.25, 0.3) is 0 Å². The van der Waals surface area contributed by atoms with Crippen molar-refractivity contribution < 1.29 is 27.2 Å². The van der Waals surface area contributed by atoms with E-state index in [0.29, 0.717) is 23.7 Å². The zero-order chi connectivity index (χ0) is 21.7. The number of benzene rings is 1. The molecule has 0 unspecified atom stereocenters. The van der Waals surface area contributed by atoms with Crippen LogP contribution in [0.15, 0.2) is 45.9 Å². The molecular weight excluding hydrogens is 412 g/mol. The lowest BCUT2D eigenvalue weighted by Gasteiger charge is -2.33. The Labute approximate surface area is 174 Å². The van der Waals surface area contributed by atoms with Crippen molar-refractivity contribution in [1.29, 1.82) is 0 Å². The fraction of sp³-hybridized carbons (Fsp3) is 0.368. The Balaban J connectivity index is 1.52. The van der Waals surface area contributed by atoms with Gasteiger partial charge in [0.2, 0.25) is 10.0 Å². The summed E-state index contributed by atoms with van der Waals surface area (Å²) in [5.41, 5.74) is 4.98. The van der Waals surface area contributed by atoms with Crippen LogP contribution >= 0.6 is 0 Å². The molecule has 0 spiro atoms. The number of nitrogens with zero attached hydrogens (tertiary/aromatic N) is 2. The predicted octanol–water partition coefficient (Wildman–Crippen LogP) is 1.35. The van der Waals surface area contributed by atoms with E-state index in [1.807, 2.05) is 6.92 Å². The molecule has 3 amide bonds. The van der Waals surface area contributed by atoms with Crippen molar-refractivity contribution in [2.45, 2.75) is 18.7 Å². The number of furan rings is 1. The molecule has 1 fully saturated rings. The third kappa shape index (κ3) is 4.74. The van der Waals surface area contributed by atoms with Gasteiger partial charge in [-0.1, -0.05) is 0 Å². The number of hydrogen-bond donors (Lipinski definition) is 2. The monoisotopic (exact) mass is 436 g/mol. The summed E-state index contributed by atoms with van der Waals surface area (Å²) >= 11 is 0. The van der Waals surface area contributed by atoms with Gasteiger partial charge in [0, 0.05) is 26.2 Å². The van der Waals surface area contributed by atoms with Crippen molar-refractivity contribution in [2.75, 3.05) is 32.8 Å². The molecule has 10 nitrogen and oxygen atoms in total. The summed E-state index contributed by atoms with van der Waals surface area (Å²) in [5, 5.41) is 0. The smallest absolute Gasteiger partial charge is 0.336 e. The van der Waals surface area contributed by atoms with Crippen molar-refractivity contribution in [3.63, 3.8) is 0 Å². The second-order valence-corrected chi connectivity index (χ2v) is 8.51. The Morgan fingerprint density at radius 1 is 1.07 bits per heavy atom. The number of sulfonamides is 1. The van der Waals surface area contributed by atoms with Gasteiger partial charge in [0.25, 0.3) is 5.91 Å². The number of amides is 3. The topological polar surface area (TPSA) is 121 Å². The molecule has 1 aliphatic heterocycles. The van der Waals surface area contributed by atoms with Crippen LogP contribution < -0.4 is 15.6 Å². The maximum atomic E-state index is 12.8. The van der Waals surface area contributed by atoms with Gasteiger partial charge in [-0.15, -0.1) is 0 Å². The molecule has 3 rings (SSSR count). The number of piperazine rings is 1. The largest absolute Gasteiger partial charge is 0.494 e. The first-order valence-corrected chi connectivity index (χ1v) is 10.9. The highest BCUT2D eigenvalue weighted by molar-refractivity contribution is 7.89. The van der Waals surface area contributed by atoms with E-state index >= 15 is 0 Å². The number of carbonyl (C=O) groups excluding carboxylic acids is 2. The van der Waals surface area contributed by atoms with Crippen molar-refractivity contribution in [3.05, 3.63) is 47.9 Å². The van der Waals surface area contributed by atoms with Crippen LogP contribution in [-0.2, 0) is 10.0 Å². The highest BCUT2D eigenvalue weighted by Crippen LogP contribution is 2.21. The molecule has 162 valence electrons. The van der Waals surface area contributed by atoms with Gasteiger partial charge in [0.05, 0.1) is 23.3 Å². The summed E-state index contributed by atoms with van der Waals surface area (Å²) in [7, 11) is -3.66. The van der Waals surface area contributed by atoms with E-state index in [1.165, 1.54) is 33.7 Å². The van der Waals surface area contributed by atoms with E-state index in [-0.39, 0.29) is 31.1 Å². The number of urea groups is 1. The van der Waals surface area contributed by atoms with Gasteiger partial charge < -0.3 is 14.1 Å². The molecule has 1 aromatic heterocycles. The minimum atomic E-state index is -3.66. The minimum absolute atomic E-state index is 0.151. The lowest BCUT2D eigenvalue weighted by molar-refractivity contribution is 0.0925. The fourth-order valence-electron chi connectivity index (χ4n) is 3.03. The van der Waals surface area contributed by atoms with Crippen LogP contribution in [0.5, 0.6) is 5.75 Å². The lowest BCUT2D eigenvalue weighted by Crippen LogP contribution is -2.56. The zero-order valence-corrected chi connectivity index (χ0v) is 17.6. The number of carbonyl (C=O) groups is 2. The van der Waals surface area contributed by atoms with Crippen molar-refractivity contribution in [3.8, 4) is 5.75 Å². The SMILES string of the molecule is CCOc1ccc(S(=O)(=O)N2CCN(C(=O)NNC(=O)c3ccoc3C)CC2)cc1. The molecule has 0 bridgehead atoms. The molecule has 2 aromatic rings. The summed E-state index contributed by atoms with van der Waals surface area (Å²) in [6.07, 6.45) is 1.39. The maximum Gasteiger partial charge on any atom is 0.336 e. The lowest BCUT2D eigenvalue weighted by atomic mass is 10.2. The average molecular weight is 436 g/mol. The second-order valence-electron chi connectivity index (χ2n) is 6.57. The Morgan fingerprint density at radius 3 is 2.30 bits per heavy atom. The number of rotatable bonds is 5. The Kier molecular flexibility index (Phi) is 6.63. The molecule has 0 aliphatic carbocycles. The molecule has 1 saturated heterocycles. The van der Waals surface area contributed by atoms with E-state index in [1.54, 1.807) is 19.1 Å². The van der Waals surface area contributed by atoms with E-state index in [4.69, 9.17) is 9.15 Å². The van der Waals surface area contributed by atoms with Crippen LogP contribution in [0.3, 0.4) is 0 Å². The Hall–Kier alpha value is -3.05. The van der Waals surface area contributed by atoms with Crippen LogP contribution in [0, 0.1) is 6.92 Å². The van der Waals surface area contributed by atoms with Gasteiger partial charge in [-0.2, -0.15) is 4.31 Å². The first-order valence-electron chi connectivity index (χ1n) is 9.45. The average Bonchev–Trinajstić information content (AvgIpc) is 3.18. The number of hydrazine groups is 1. The standard InChI is InChI=1S/C19H24N4O6S/c1-3-28-15-4-6-16(7-5-15)30(26,27)23-11-9-22(10-12-23)19(25)21-20-18(24)17-8-13-29-14(17)2/h4-8,13H,3,9-12H2,1-2H3,(H,20,24)(H,21,25). The predicted molar refractivity (Wildman–Crippen MR) is 107 cm³/mol. The molecule has 0 radical (unpaired) electrons. The van der Waals surface area contributed by atoms with Crippen LogP contribution in [-0.4, -0.2) is 62.3 Å². The normalized spacial score (nSPS) is 14.9. The molecule has 2 N–H and O–H groups in total. The molecule has 0 saturated carbocycles. The van der Waals surface area contributed by atoms with Gasteiger partial charge in [0.15, 0.2) is 0 Å². The number of aryl methyl sites for hydroxylation is 1. The first kappa shape index (κ1) is 21.7. The molecule has 2 heterocycles. The third-order valence-corrected chi connectivity index (χ3v) is 6.60. The quantitative estimate of drug-likeness (QED) is 0.683. The summed E-state index contributed by atoms with van der Waals surface area (Å²) in [4.78, 5) is 25.9. The van der Waals surface area contributed by atoms with Crippen molar-refractivity contribution >= 4 is 22.0 Å². The molecular formula is C19H24N4O6S. The Bertz CT molecular complexity index is 994. The van der Waals surface area contributed by atoms with Crippen LogP contribution in [0.1, 0.15) is 23.0 Å². The second kappa shape index (κ2) is 9.18. The first-order chi connectivity index (χ1) is 14.3. The summed E-state index contributed by atoms with van der Waals surface area (Å²) in [5.74, 6) is 0.548. The van der Waals surface area contributed by atoms with Crippen LogP contribution in [0.2, 0.25) is 0 Å². The van der Waals surface area contributed by atoms with Gasteiger partial charge in [-0.3, -0.25) is 10.2 Å². The molecule has 1 aromatic carbocycles. The van der Waals surface area contributed by atoms with E-state index in [9.17, 15) is 18.0 Å². The highest BCUT2D eigenvalue weighted by Gasteiger charge is 2.30. The van der Waals surface area contributed by atoms with E-state index in [0.717, 1.165) is 0 Å². The Morgan fingerprint density at radius 2 is 1.73 bits per heavy atom. The molecule has 1 aliphatic rings. The van der Waals surface area contributed by atoms with Gasteiger partial charge in [0.1, 0.15) is 11.5 Å². The molecule has 0 atom stereocenters.